The molecule has 0 bridgehead atoms. The van der Waals surface area contributed by atoms with Gasteiger partial charge in [-0.2, -0.15) is 0 Å². The van der Waals surface area contributed by atoms with Gasteiger partial charge in [-0.1, -0.05) is 0 Å². The zero-order chi connectivity index (χ0) is 13.6. The fraction of sp³-hybridized carbons (Fsp3) is 0.538. The number of halogens is 1. The lowest BCUT2D eigenvalue weighted by atomic mass is 10.2. The van der Waals surface area contributed by atoms with Crippen LogP contribution in [0.4, 0.5) is 0 Å². The first kappa shape index (κ1) is 13.1. The first-order valence-electron chi connectivity index (χ1n) is 6.64. The molecular formula is C13H14BrN3O2S. The minimum absolute atomic E-state index is 0.366. The number of hydrogen-bond acceptors (Lipinski definition) is 6. The van der Waals surface area contributed by atoms with Crippen molar-refractivity contribution >= 4 is 37.5 Å². The van der Waals surface area contributed by atoms with Crippen LogP contribution in [-0.2, 0) is 16.0 Å². The standard InChI is InChI=1S/C13H14BrN3O2S/c14-11-5-9-10(20-11)6-15-12(16-9)7-17-2-1-13(8-17)18-3-4-19-13/h5-6H,1-4,7-8H2. The van der Waals surface area contributed by atoms with Gasteiger partial charge in [0.05, 0.1) is 40.3 Å². The maximum absolute atomic E-state index is 5.73. The van der Waals surface area contributed by atoms with Gasteiger partial charge in [-0.05, 0) is 22.0 Å². The molecule has 0 aliphatic carbocycles. The van der Waals surface area contributed by atoms with Crippen LogP contribution in [0.15, 0.2) is 16.0 Å². The molecule has 0 unspecified atom stereocenters. The van der Waals surface area contributed by atoms with Gasteiger partial charge in [-0.25, -0.2) is 9.97 Å². The van der Waals surface area contributed by atoms with Gasteiger partial charge >= 0.3 is 0 Å². The van der Waals surface area contributed by atoms with Crippen LogP contribution in [0.2, 0.25) is 0 Å². The summed E-state index contributed by atoms with van der Waals surface area (Å²) >= 11 is 5.14. The molecule has 4 heterocycles. The first-order chi connectivity index (χ1) is 9.72. The molecule has 2 aromatic heterocycles. The normalized spacial score (nSPS) is 22.2. The lowest BCUT2D eigenvalue weighted by Crippen LogP contribution is -2.34. The summed E-state index contributed by atoms with van der Waals surface area (Å²) < 4.78 is 13.7. The monoisotopic (exact) mass is 355 g/mol. The number of aromatic nitrogens is 2. The van der Waals surface area contributed by atoms with Crippen molar-refractivity contribution in [3.8, 4) is 0 Å². The van der Waals surface area contributed by atoms with Crippen LogP contribution in [0.25, 0.3) is 10.2 Å². The van der Waals surface area contributed by atoms with Crippen LogP contribution in [0.3, 0.4) is 0 Å². The molecule has 5 nitrogen and oxygen atoms in total. The second kappa shape index (κ2) is 4.99. The van der Waals surface area contributed by atoms with Gasteiger partial charge in [0.1, 0.15) is 5.82 Å². The van der Waals surface area contributed by atoms with E-state index in [1.165, 1.54) is 0 Å². The predicted octanol–water partition coefficient (Wildman–Crippen LogP) is 2.40. The number of hydrogen-bond donors (Lipinski definition) is 0. The van der Waals surface area contributed by atoms with E-state index in [4.69, 9.17) is 9.47 Å². The van der Waals surface area contributed by atoms with Crippen LogP contribution in [0.1, 0.15) is 12.2 Å². The smallest absolute Gasteiger partial charge is 0.182 e. The second-order valence-corrected chi connectivity index (χ2v) is 7.62. The minimum Gasteiger partial charge on any atom is -0.346 e. The third-order valence-corrected chi connectivity index (χ3v) is 5.30. The topological polar surface area (TPSA) is 47.5 Å². The molecule has 2 fully saturated rings. The number of thiophene rings is 1. The Morgan fingerprint density at radius 1 is 1.40 bits per heavy atom. The number of nitrogens with zero attached hydrogens (tertiary/aromatic N) is 3. The largest absolute Gasteiger partial charge is 0.346 e. The quantitative estimate of drug-likeness (QED) is 0.827. The van der Waals surface area contributed by atoms with E-state index in [1.807, 2.05) is 12.3 Å². The Hall–Kier alpha value is -0.600. The first-order valence-corrected chi connectivity index (χ1v) is 8.25. The SMILES string of the molecule is Brc1cc2nc(CN3CCC4(C3)OCCO4)ncc2s1. The van der Waals surface area contributed by atoms with E-state index in [-0.39, 0.29) is 5.79 Å². The Morgan fingerprint density at radius 3 is 3.10 bits per heavy atom. The van der Waals surface area contributed by atoms with E-state index in [9.17, 15) is 0 Å². The summed E-state index contributed by atoms with van der Waals surface area (Å²) in [7, 11) is 0. The van der Waals surface area contributed by atoms with Gasteiger partial charge in [-0.15, -0.1) is 11.3 Å². The Morgan fingerprint density at radius 2 is 2.25 bits per heavy atom. The molecule has 2 aliphatic heterocycles. The van der Waals surface area contributed by atoms with Crippen molar-refractivity contribution in [3.05, 3.63) is 21.9 Å². The fourth-order valence-corrected chi connectivity index (χ4v) is 4.25. The summed E-state index contributed by atoms with van der Waals surface area (Å²) in [5.41, 5.74) is 1.01. The van der Waals surface area contributed by atoms with Gasteiger partial charge < -0.3 is 9.47 Å². The van der Waals surface area contributed by atoms with Crippen LogP contribution in [0, 0.1) is 0 Å². The van der Waals surface area contributed by atoms with E-state index >= 15 is 0 Å². The summed E-state index contributed by atoms with van der Waals surface area (Å²) in [6.45, 7) is 3.94. The minimum atomic E-state index is -0.366. The lowest BCUT2D eigenvalue weighted by Gasteiger charge is -2.21. The van der Waals surface area contributed by atoms with Crippen molar-refractivity contribution in [1.29, 1.82) is 0 Å². The molecule has 20 heavy (non-hydrogen) atoms. The van der Waals surface area contributed by atoms with Gasteiger partial charge in [-0.3, -0.25) is 4.90 Å². The number of fused-ring (bicyclic) bond motifs is 1. The molecule has 7 heteroatoms. The predicted molar refractivity (Wildman–Crippen MR) is 79.6 cm³/mol. The second-order valence-electron chi connectivity index (χ2n) is 5.15. The molecule has 0 amide bonds. The maximum atomic E-state index is 5.73. The molecule has 1 spiro atoms. The van der Waals surface area contributed by atoms with Gasteiger partial charge in [0, 0.05) is 19.2 Å². The molecule has 4 rings (SSSR count). The van der Waals surface area contributed by atoms with Crippen molar-refractivity contribution in [2.45, 2.75) is 18.8 Å². The Kier molecular flexibility index (Phi) is 3.27. The molecular weight excluding hydrogens is 342 g/mol. The average Bonchev–Trinajstić information content (AvgIpc) is 3.11. The maximum Gasteiger partial charge on any atom is 0.182 e. The molecule has 2 aromatic rings. The molecule has 106 valence electrons. The highest BCUT2D eigenvalue weighted by Gasteiger charge is 2.43. The van der Waals surface area contributed by atoms with E-state index in [0.717, 1.165) is 45.9 Å². The van der Waals surface area contributed by atoms with Crippen LogP contribution in [0.5, 0.6) is 0 Å². The molecule has 2 aliphatic rings. The van der Waals surface area contributed by atoms with Crippen molar-refractivity contribution in [1.82, 2.24) is 14.9 Å². The molecule has 0 aromatic carbocycles. The van der Waals surface area contributed by atoms with Crippen LogP contribution in [-0.4, -0.2) is 47.0 Å². The van der Waals surface area contributed by atoms with Crippen molar-refractivity contribution in [3.63, 3.8) is 0 Å². The van der Waals surface area contributed by atoms with E-state index in [1.54, 1.807) is 11.3 Å². The van der Waals surface area contributed by atoms with Crippen LogP contribution >= 0.6 is 27.3 Å². The Bertz CT molecular complexity index is 642. The molecule has 0 atom stereocenters. The zero-order valence-corrected chi connectivity index (χ0v) is 13.2. The highest BCUT2D eigenvalue weighted by Crippen LogP contribution is 2.31. The highest BCUT2D eigenvalue weighted by molar-refractivity contribution is 9.11. The van der Waals surface area contributed by atoms with Crippen molar-refractivity contribution < 1.29 is 9.47 Å². The number of ether oxygens (including phenoxy) is 2. The van der Waals surface area contributed by atoms with Crippen molar-refractivity contribution in [2.24, 2.45) is 0 Å². The highest BCUT2D eigenvalue weighted by atomic mass is 79.9. The molecule has 2 saturated heterocycles. The summed E-state index contributed by atoms with van der Waals surface area (Å²) in [5.74, 6) is 0.494. The zero-order valence-electron chi connectivity index (χ0n) is 10.8. The summed E-state index contributed by atoms with van der Waals surface area (Å²) in [5, 5.41) is 0. The van der Waals surface area contributed by atoms with E-state index < -0.39 is 0 Å². The summed E-state index contributed by atoms with van der Waals surface area (Å²) in [4.78, 5) is 11.4. The van der Waals surface area contributed by atoms with E-state index in [2.05, 4.69) is 30.8 Å². The van der Waals surface area contributed by atoms with Gasteiger partial charge in [0.25, 0.3) is 0 Å². The van der Waals surface area contributed by atoms with Gasteiger partial charge in [0.2, 0.25) is 0 Å². The summed E-state index contributed by atoms with van der Waals surface area (Å²) in [6, 6.07) is 2.04. The fourth-order valence-electron chi connectivity index (χ4n) is 2.82. The van der Waals surface area contributed by atoms with Crippen molar-refractivity contribution in [2.75, 3.05) is 26.3 Å². The Labute approximate surface area is 129 Å². The van der Waals surface area contributed by atoms with Gasteiger partial charge in [0.15, 0.2) is 5.79 Å². The number of likely N-dealkylation sites (tertiary alicyclic amines) is 1. The van der Waals surface area contributed by atoms with Crippen LogP contribution < -0.4 is 0 Å². The summed E-state index contributed by atoms with van der Waals surface area (Å²) in [6.07, 6.45) is 2.83. The Balaban J connectivity index is 1.50. The number of rotatable bonds is 2. The third kappa shape index (κ3) is 2.37. The lowest BCUT2D eigenvalue weighted by molar-refractivity contribution is -0.145. The third-order valence-electron chi connectivity index (χ3n) is 3.74. The van der Waals surface area contributed by atoms with E-state index in [0.29, 0.717) is 13.2 Å². The molecule has 0 saturated carbocycles. The average molecular weight is 356 g/mol. The molecule has 0 radical (unpaired) electrons. The molecule has 0 N–H and O–H groups in total.